The summed E-state index contributed by atoms with van der Waals surface area (Å²) in [6.45, 7) is 0.789. The van der Waals surface area contributed by atoms with E-state index in [2.05, 4.69) is 28.1 Å². The van der Waals surface area contributed by atoms with Crippen molar-refractivity contribution in [3.63, 3.8) is 0 Å². The van der Waals surface area contributed by atoms with E-state index in [1.54, 1.807) is 0 Å². The Morgan fingerprint density at radius 3 is 3.08 bits per heavy atom. The van der Waals surface area contributed by atoms with Gasteiger partial charge in [-0.1, -0.05) is 34.1 Å². The van der Waals surface area contributed by atoms with Gasteiger partial charge in [0, 0.05) is 4.83 Å². The first-order valence-electron chi connectivity index (χ1n) is 4.21. The summed E-state index contributed by atoms with van der Waals surface area (Å²) in [6, 6.07) is 8.27. The van der Waals surface area contributed by atoms with E-state index < -0.39 is 0 Å². The van der Waals surface area contributed by atoms with Crippen LogP contribution in [0.1, 0.15) is 12.0 Å². The maximum atomic E-state index is 5.61. The minimum absolute atomic E-state index is 0.505. The lowest BCUT2D eigenvalue weighted by molar-refractivity contribution is 0.324. The molecule has 1 aromatic rings. The number of halogens is 1. The van der Waals surface area contributed by atoms with Gasteiger partial charge in [0.15, 0.2) is 0 Å². The van der Waals surface area contributed by atoms with Gasteiger partial charge in [-0.15, -0.1) is 0 Å². The van der Waals surface area contributed by atoms with Crippen molar-refractivity contribution in [2.45, 2.75) is 17.7 Å². The number of hydrogen-bond acceptors (Lipinski definition) is 1. The van der Waals surface area contributed by atoms with Gasteiger partial charge in [-0.3, -0.25) is 0 Å². The van der Waals surface area contributed by atoms with E-state index in [4.69, 9.17) is 4.74 Å². The molecule has 0 saturated heterocycles. The highest BCUT2D eigenvalue weighted by Crippen LogP contribution is 2.25. The number of rotatable bonds is 0. The molecular formula is C10H11BrO. The lowest BCUT2D eigenvalue weighted by Gasteiger charge is -2.06. The van der Waals surface area contributed by atoms with Crippen LogP contribution in [0.4, 0.5) is 0 Å². The summed E-state index contributed by atoms with van der Waals surface area (Å²) in [4.78, 5) is 0.505. The molecule has 0 N–H and O–H groups in total. The monoisotopic (exact) mass is 226 g/mol. The fourth-order valence-electron chi connectivity index (χ4n) is 1.43. The maximum absolute atomic E-state index is 5.61. The molecule has 64 valence electrons. The third-order valence-corrected chi connectivity index (χ3v) is 2.84. The van der Waals surface area contributed by atoms with E-state index in [-0.39, 0.29) is 0 Å². The second-order valence-electron chi connectivity index (χ2n) is 3.05. The van der Waals surface area contributed by atoms with Gasteiger partial charge < -0.3 is 4.74 Å². The van der Waals surface area contributed by atoms with Crippen LogP contribution in [0.15, 0.2) is 24.3 Å². The number of hydrogen-bond donors (Lipinski definition) is 0. The highest BCUT2D eigenvalue weighted by Gasteiger charge is 2.13. The van der Waals surface area contributed by atoms with Gasteiger partial charge in [0.25, 0.3) is 0 Å². The first kappa shape index (κ1) is 8.11. The minimum Gasteiger partial charge on any atom is -0.492 e. The Morgan fingerprint density at radius 1 is 1.33 bits per heavy atom. The van der Waals surface area contributed by atoms with Gasteiger partial charge in [0.05, 0.1) is 0 Å². The van der Waals surface area contributed by atoms with Crippen molar-refractivity contribution >= 4 is 15.9 Å². The van der Waals surface area contributed by atoms with Gasteiger partial charge >= 0.3 is 0 Å². The molecule has 0 radical (unpaired) electrons. The molecule has 12 heavy (non-hydrogen) atoms. The number of aryl methyl sites for hydroxylation is 1. The largest absolute Gasteiger partial charge is 0.492 e. The first-order chi connectivity index (χ1) is 5.86. The maximum Gasteiger partial charge on any atom is 0.122 e. The molecule has 1 atom stereocenters. The molecule has 0 saturated carbocycles. The summed E-state index contributed by atoms with van der Waals surface area (Å²) in [5.74, 6) is 1.06. The van der Waals surface area contributed by atoms with Crippen LogP contribution in [0.25, 0.3) is 0 Å². The van der Waals surface area contributed by atoms with Crippen molar-refractivity contribution in [3.05, 3.63) is 29.8 Å². The summed E-state index contributed by atoms with van der Waals surface area (Å²) < 4.78 is 5.61. The summed E-state index contributed by atoms with van der Waals surface area (Å²) in [6.07, 6.45) is 2.28. The van der Waals surface area contributed by atoms with Crippen LogP contribution in [0, 0.1) is 0 Å². The number of fused-ring (bicyclic) bond motifs is 1. The molecule has 0 fully saturated rings. The van der Waals surface area contributed by atoms with Crippen molar-refractivity contribution < 1.29 is 4.74 Å². The topological polar surface area (TPSA) is 9.23 Å². The van der Waals surface area contributed by atoms with Crippen LogP contribution in [-0.4, -0.2) is 11.4 Å². The van der Waals surface area contributed by atoms with Crippen molar-refractivity contribution in [2.75, 3.05) is 6.61 Å². The molecule has 0 aliphatic carbocycles. The van der Waals surface area contributed by atoms with Crippen molar-refractivity contribution in [2.24, 2.45) is 0 Å². The standard InChI is InChI=1S/C10H11BrO/c11-9-6-5-8-3-1-2-4-10(8)12-7-9/h1-4,9H,5-7H2. The number of alkyl halides is 1. The SMILES string of the molecule is BrC1CCc2ccccc2OC1. The van der Waals surface area contributed by atoms with E-state index in [9.17, 15) is 0 Å². The minimum atomic E-state index is 0.505. The van der Waals surface area contributed by atoms with Crippen LogP contribution in [-0.2, 0) is 6.42 Å². The van der Waals surface area contributed by atoms with Crippen molar-refractivity contribution in [3.8, 4) is 5.75 Å². The summed E-state index contributed by atoms with van der Waals surface area (Å²) in [7, 11) is 0. The van der Waals surface area contributed by atoms with Gasteiger partial charge in [0.1, 0.15) is 12.4 Å². The molecule has 0 bridgehead atoms. The van der Waals surface area contributed by atoms with Gasteiger partial charge in [-0.2, -0.15) is 0 Å². The zero-order valence-corrected chi connectivity index (χ0v) is 8.38. The summed E-state index contributed by atoms with van der Waals surface area (Å²) in [5, 5.41) is 0. The van der Waals surface area contributed by atoms with Gasteiger partial charge in [0.2, 0.25) is 0 Å². The molecule has 1 unspecified atom stereocenters. The van der Waals surface area contributed by atoms with Crippen molar-refractivity contribution in [1.82, 2.24) is 0 Å². The smallest absolute Gasteiger partial charge is 0.122 e. The Morgan fingerprint density at radius 2 is 2.17 bits per heavy atom. The second-order valence-corrected chi connectivity index (χ2v) is 4.35. The molecule has 1 heterocycles. The summed E-state index contributed by atoms with van der Waals surface area (Å²) >= 11 is 3.57. The highest BCUT2D eigenvalue weighted by molar-refractivity contribution is 9.09. The highest BCUT2D eigenvalue weighted by atomic mass is 79.9. The molecule has 0 aromatic heterocycles. The quantitative estimate of drug-likeness (QED) is 0.619. The third-order valence-electron chi connectivity index (χ3n) is 2.12. The molecule has 1 aromatic carbocycles. The molecular weight excluding hydrogens is 216 g/mol. The summed E-state index contributed by atoms with van der Waals surface area (Å²) in [5.41, 5.74) is 1.33. The average Bonchev–Trinajstić information content (AvgIpc) is 2.29. The lowest BCUT2D eigenvalue weighted by atomic mass is 10.1. The molecule has 1 aliphatic rings. The first-order valence-corrected chi connectivity index (χ1v) is 5.12. The Labute approximate surface area is 80.9 Å². The lowest BCUT2D eigenvalue weighted by Crippen LogP contribution is -2.08. The normalized spacial score (nSPS) is 22.2. The van der Waals surface area contributed by atoms with Crippen LogP contribution in [0.5, 0.6) is 5.75 Å². The molecule has 1 nitrogen and oxygen atoms in total. The second kappa shape index (κ2) is 3.48. The molecule has 2 rings (SSSR count). The van der Waals surface area contributed by atoms with Crippen LogP contribution in [0.2, 0.25) is 0 Å². The van der Waals surface area contributed by atoms with Crippen molar-refractivity contribution in [1.29, 1.82) is 0 Å². The number of benzene rings is 1. The predicted octanol–water partition coefficient (Wildman–Crippen LogP) is 2.78. The zero-order valence-electron chi connectivity index (χ0n) is 6.79. The fraction of sp³-hybridized carbons (Fsp3) is 0.400. The van der Waals surface area contributed by atoms with Gasteiger partial charge in [-0.05, 0) is 24.5 Å². The molecule has 0 amide bonds. The fourth-order valence-corrected chi connectivity index (χ4v) is 1.79. The van der Waals surface area contributed by atoms with E-state index in [1.165, 1.54) is 5.56 Å². The van der Waals surface area contributed by atoms with E-state index in [1.807, 2.05) is 12.1 Å². The molecule has 1 aliphatic heterocycles. The Bertz CT molecular complexity index is 245. The Kier molecular flexibility index (Phi) is 2.35. The number of ether oxygens (including phenoxy) is 1. The zero-order chi connectivity index (χ0) is 8.39. The third kappa shape index (κ3) is 1.63. The number of para-hydroxylation sites is 1. The van der Waals surface area contributed by atoms with E-state index in [0.29, 0.717) is 4.83 Å². The Balaban J connectivity index is 2.26. The van der Waals surface area contributed by atoms with Crippen LogP contribution < -0.4 is 4.74 Å². The molecule has 0 spiro atoms. The Hall–Kier alpha value is -0.500. The van der Waals surface area contributed by atoms with Crippen LogP contribution >= 0.6 is 15.9 Å². The van der Waals surface area contributed by atoms with Gasteiger partial charge in [-0.25, -0.2) is 0 Å². The average molecular weight is 227 g/mol. The predicted molar refractivity (Wildman–Crippen MR) is 53.0 cm³/mol. The van der Waals surface area contributed by atoms with Crippen LogP contribution in [0.3, 0.4) is 0 Å². The van der Waals surface area contributed by atoms with E-state index in [0.717, 1.165) is 25.2 Å². The van der Waals surface area contributed by atoms with E-state index >= 15 is 0 Å². The molecule has 2 heteroatoms.